The zero-order valence-corrected chi connectivity index (χ0v) is 10.8. The van der Waals surface area contributed by atoms with Crippen LogP contribution in [-0.2, 0) is 14.2 Å². The number of nitrogens with one attached hydrogen (secondary N) is 1. The van der Waals surface area contributed by atoms with Gasteiger partial charge in [0, 0.05) is 25.2 Å². The minimum Gasteiger partial charge on any atom is -0.381 e. The van der Waals surface area contributed by atoms with Gasteiger partial charge in [0.25, 0.3) is 0 Å². The molecule has 3 atom stereocenters. The Morgan fingerprint density at radius 3 is 2.94 bits per heavy atom. The van der Waals surface area contributed by atoms with Crippen LogP contribution < -0.4 is 5.32 Å². The zero-order valence-electron chi connectivity index (χ0n) is 10.8. The molecule has 2 rings (SSSR count). The Balaban J connectivity index is 1.65. The maximum absolute atomic E-state index is 5.80. The van der Waals surface area contributed by atoms with Crippen LogP contribution in [0.5, 0.6) is 0 Å². The third-order valence-corrected chi connectivity index (χ3v) is 3.63. The second-order valence-corrected chi connectivity index (χ2v) is 4.96. The van der Waals surface area contributed by atoms with E-state index < -0.39 is 0 Å². The van der Waals surface area contributed by atoms with Crippen molar-refractivity contribution in [2.75, 3.05) is 39.6 Å². The molecule has 0 saturated carbocycles. The molecule has 0 amide bonds. The van der Waals surface area contributed by atoms with E-state index in [1.165, 1.54) is 6.42 Å². The van der Waals surface area contributed by atoms with Crippen molar-refractivity contribution in [1.82, 2.24) is 5.32 Å². The Bertz CT molecular complexity index is 201. The summed E-state index contributed by atoms with van der Waals surface area (Å²) in [5.41, 5.74) is 0. The molecule has 2 heterocycles. The van der Waals surface area contributed by atoms with Crippen LogP contribution in [0, 0.1) is 5.92 Å². The molecule has 0 aromatic heterocycles. The van der Waals surface area contributed by atoms with E-state index in [1.54, 1.807) is 0 Å². The Hall–Kier alpha value is -0.160. The highest BCUT2D eigenvalue weighted by Crippen LogP contribution is 2.18. The van der Waals surface area contributed by atoms with E-state index in [9.17, 15) is 0 Å². The minimum atomic E-state index is 0.331. The quantitative estimate of drug-likeness (QED) is 0.729. The summed E-state index contributed by atoms with van der Waals surface area (Å²) in [4.78, 5) is 0. The lowest BCUT2D eigenvalue weighted by Gasteiger charge is -2.23. The molecule has 3 unspecified atom stereocenters. The topological polar surface area (TPSA) is 39.7 Å². The van der Waals surface area contributed by atoms with Gasteiger partial charge in [-0.05, 0) is 25.8 Å². The molecule has 17 heavy (non-hydrogen) atoms. The van der Waals surface area contributed by atoms with Crippen LogP contribution in [0.1, 0.15) is 26.2 Å². The van der Waals surface area contributed by atoms with Gasteiger partial charge in [-0.3, -0.25) is 0 Å². The van der Waals surface area contributed by atoms with Crippen LogP contribution in [0.25, 0.3) is 0 Å². The summed E-state index contributed by atoms with van der Waals surface area (Å²) in [6, 6.07) is 0.434. The first kappa shape index (κ1) is 13.3. The van der Waals surface area contributed by atoms with Gasteiger partial charge in [0.05, 0.1) is 25.9 Å². The summed E-state index contributed by atoms with van der Waals surface area (Å²) < 4.78 is 16.8. The fourth-order valence-corrected chi connectivity index (χ4v) is 2.60. The van der Waals surface area contributed by atoms with E-state index in [0.717, 1.165) is 52.4 Å². The second kappa shape index (κ2) is 7.31. The first-order chi connectivity index (χ1) is 8.40. The van der Waals surface area contributed by atoms with E-state index in [4.69, 9.17) is 14.2 Å². The molecule has 0 bridgehead atoms. The predicted octanol–water partition coefficient (Wildman–Crippen LogP) is 1.20. The van der Waals surface area contributed by atoms with Crippen molar-refractivity contribution in [2.24, 2.45) is 5.92 Å². The van der Waals surface area contributed by atoms with E-state index in [0.29, 0.717) is 18.1 Å². The first-order valence-corrected chi connectivity index (χ1v) is 6.90. The van der Waals surface area contributed by atoms with Gasteiger partial charge in [0.15, 0.2) is 0 Å². The van der Waals surface area contributed by atoms with E-state index in [1.807, 2.05) is 0 Å². The molecule has 0 aromatic carbocycles. The zero-order chi connectivity index (χ0) is 11.9. The standard InChI is InChI=1S/C13H25NO3/c1-2-14-13(11-5-7-15-8-11)10-16-9-12-4-3-6-17-12/h11-14H,2-10H2,1H3. The first-order valence-electron chi connectivity index (χ1n) is 6.90. The molecule has 2 saturated heterocycles. The summed E-state index contributed by atoms with van der Waals surface area (Å²) in [5, 5.41) is 3.50. The van der Waals surface area contributed by atoms with E-state index >= 15 is 0 Å². The van der Waals surface area contributed by atoms with E-state index in [2.05, 4.69) is 12.2 Å². The SMILES string of the molecule is CCNC(COCC1CCCO1)C1CCOC1. The number of hydrogen-bond donors (Lipinski definition) is 1. The molecule has 0 spiro atoms. The average molecular weight is 243 g/mol. The van der Waals surface area contributed by atoms with Gasteiger partial charge in [0.2, 0.25) is 0 Å². The van der Waals surface area contributed by atoms with Crippen molar-refractivity contribution in [3.8, 4) is 0 Å². The van der Waals surface area contributed by atoms with Crippen molar-refractivity contribution < 1.29 is 14.2 Å². The molecule has 2 aliphatic rings. The molecular weight excluding hydrogens is 218 g/mol. The van der Waals surface area contributed by atoms with Gasteiger partial charge in [-0.25, -0.2) is 0 Å². The van der Waals surface area contributed by atoms with Crippen molar-refractivity contribution >= 4 is 0 Å². The molecule has 4 nitrogen and oxygen atoms in total. The Morgan fingerprint density at radius 1 is 1.35 bits per heavy atom. The van der Waals surface area contributed by atoms with Gasteiger partial charge in [-0.15, -0.1) is 0 Å². The molecule has 4 heteroatoms. The highest BCUT2D eigenvalue weighted by molar-refractivity contribution is 4.79. The fourth-order valence-electron chi connectivity index (χ4n) is 2.60. The van der Waals surface area contributed by atoms with Gasteiger partial charge < -0.3 is 19.5 Å². The molecule has 0 aromatic rings. The van der Waals surface area contributed by atoms with Crippen LogP contribution in [0.2, 0.25) is 0 Å². The molecule has 1 N–H and O–H groups in total. The largest absolute Gasteiger partial charge is 0.381 e. The summed E-state index contributed by atoms with van der Waals surface area (Å²) in [7, 11) is 0. The fraction of sp³-hybridized carbons (Fsp3) is 1.00. The Labute approximate surface area is 104 Å². The van der Waals surface area contributed by atoms with Gasteiger partial charge in [0.1, 0.15) is 0 Å². The van der Waals surface area contributed by atoms with Crippen LogP contribution in [0.3, 0.4) is 0 Å². The van der Waals surface area contributed by atoms with Gasteiger partial charge in [-0.1, -0.05) is 6.92 Å². The van der Waals surface area contributed by atoms with Gasteiger partial charge in [-0.2, -0.15) is 0 Å². The normalized spacial score (nSPS) is 30.9. The predicted molar refractivity (Wildman–Crippen MR) is 66.2 cm³/mol. The molecule has 0 radical (unpaired) electrons. The smallest absolute Gasteiger partial charge is 0.0809 e. The van der Waals surface area contributed by atoms with Gasteiger partial charge >= 0.3 is 0 Å². The summed E-state index contributed by atoms with van der Waals surface area (Å²) in [5.74, 6) is 0.611. The summed E-state index contributed by atoms with van der Waals surface area (Å²) in [6.07, 6.45) is 3.82. The monoisotopic (exact) mass is 243 g/mol. The minimum absolute atomic E-state index is 0.331. The number of hydrogen-bond acceptors (Lipinski definition) is 4. The lowest BCUT2D eigenvalue weighted by atomic mass is 10.00. The van der Waals surface area contributed by atoms with Crippen LogP contribution in [0.15, 0.2) is 0 Å². The third-order valence-electron chi connectivity index (χ3n) is 3.63. The Morgan fingerprint density at radius 2 is 2.29 bits per heavy atom. The summed E-state index contributed by atoms with van der Waals surface area (Å²) in [6.45, 7) is 7.34. The van der Waals surface area contributed by atoms with Crippen LogP contribution >= 0.6 is 0 Å². The lowest BCUT2D eigenvalue weighted by molar-refractivity contribution is 0.00431. The Kier molecular flexibility index (Phi) is 5.71. The number of rotatable bonds is 7. The summed E-state index contributed by atoms with van der Waals surface area (Å²) >= 11 is 0. The second-order valence-electron chi connectivity index (χ2n) is 4.96. The van der Waals surface area contributed by atoms with Crippen molar-refractivity contribution in [3.05, 3.63) is 0 Å². The third kappa shape index (κ3) is 4.21. The maximum Gasteiger partial charge on any atom is 0.0809 e. The molecular formula is C13H25NO3. The highest BCUT2D eigenvalue weighted by atomic mass is 16.5. The highest BCUT2D eigenvalue weighted by Gasteiger charge is 2.25. The molecule has 0 aliphatic carbocycles. The maximum atomic E-state index is 5.80. The van der Waals surface area contributed by atoms with Crippen molar-refractivity contribution in [1.29, 1.82) is 0 Å². The average Bonchev–Trinajstić information content (AvgIpc) is 3.01. The van der Waals surface area contributed by atoms with Crippen molar-refractivity contribution in [2.45, 2.75) is 38.3 Å². The van der Waals surface area contributed by atoms with Crippen molar-refractivity contribution in [3.63, 3.8) is 0 Å². The number of ether oxygens (including phenoxy) is 3. The molecule has 2 fully saturated rings. The van der Waals surface area contributed by atoms with E-state index in [-0.39, 0.29) is 0 Å². The number of likely N-dealkylation sites (N-methyl/N-ethyl adjacent to an activating group) is 1. The van der Waals surface area contributed by atoms with Crippen LogP contribution in [-0.4, -0.2) is 51.7 Å². The molecule has 2 aliphatic heterocycles. The molecule has 100 valence electrons. The van der Waals surface area contributed by atoms with Crippen LogP contribution in [0.4, 0.5) is 0 Å². The lowest BCUT2D eigenvalue weighted by Crippen LogP contribution is -2.41.